The van der Waals surface area contributed by atoms with Gasteiger partial charge in [-0.1, -0.05) is 23.5 Å². The largest absolute Gasteiger partial charge is 0.497 e. The minimum absolute atomic E-state index is 0.0911. The number of methoxy groups -OCH3 is 1. The molecule has 0 aliphatic carbocycles. The summed E-state index contributed by atoms with van der Waals surface area (Å²) in [5.41, 5.74) is 1.87. The van der Waals surface area contributed by atoms with Gasteiger partial charge in [0, 0.05) is 11.1 Å². The number of ketones is 1. The number of carbonyl (C=O) groups is 1. The predicted molar refractivity (Wildman–Crippen MR) is 78.9 cm³/mol. The van der Waals surface area contributed by atoms with Crippen LogP contribution in [-0.4, -0.2) is 17.9 Å². The van der Waals surface area contributed by atoms with E-state index in [9.17, 15) is 9.59 Å². The maximum Gasteiger partial charge on any atom is 0.305 e. The molecule has 0 radical (unpaired) electrons. The smallest absolute Gasteiger partial charge is 0.305 e. The highest BCUT2D eigenvalue weighted by atomic mass is 32.1. The summed E-state index contributed by atoms with van der Waals surface area (Å²) < 4.78 is 5.90. The first-order chi connectivity index (χ1) is 9.67. The number of thiazole rings is 1. The summed E-state index contributed by atoms with van der Waals surface area (Å²) in [7, 11) is 1.56. The van der Waals surface area contributed by atoms with E-state index < -0.39 is 0 Å². The maximum atomic E-state index is 12.4. The van der Waals surface area contributed by atoms with E-state index in [4.69, 9.17) is 4.74 Å². The van der Waals surface area contributed by atoms with E-state index in [1.165, 1.54) is 0 Å². The summed E-state index contributed by atoms with van der Waals surface area (Å²) >= 11 is 1.10. The van der Waals surface area contributed by atoms with Crippen molar-refractivity contribution in [2.45, 2.75) is 0 Å². The standard InChI is InChI=1S/C15H11NO3S/c1-19-11-4-2-3-9(7-11)14(17)10-5-6-12-13(8-10)20-15(18)16-12/h2-8H,1H3,(H,16,18). The van der Waals surface area contributed by atoms with Gasteiger partial charge in [0.05, 0.1) is 17.3 Å². The Morgan fingerprint density at radius 2 is 1.95 bits per heavy atom. The molecule has 0 spiro atoms. The van der Waals surface area contributed by atoms with E-state index in [2.05, 4.69) is 4.98 Å². The first kappa shape index (κ1) is 12.6. The molecule has 4 nitrogen and oxygen atoms in total. The molecular formula is C15H11NO3S. The molecule has 5 heteroatoms. The zero-order valence-electron chi connectivity index (χ0n) is 10.7. The molecule has 0 amide bonds. The summed E-state index contributed by atoms with van der Waals surface area (Å²) in [5, 5.41) is 0. The molecule has 1 heterocycles. The van der Waals surface area contributed by atoms with Crippen molar-refractivity contribution in [2.75, 3.05) is 7.11 Å². The van der Waals surface area contributed by atoms with Crippen LogP contribution in [0.2, 0.25) is 0 Å². The molecule has 100 valence electrons. The third-order valence-electron chi connectivity index (χ3n) is 3.02. The summed E-state index contributed by atoms with van der Waals surface area (Å²) in [6, 6.07) is 12.2. The molecule has 3 rings (SSSR count). The van der Waals surface area contributed by atoms with Crippen LogP contribution in [0.3, 0.4) is 0 Å². The molecule has 1 aromatic heterocycles. The Balaban J connectivity index is 2.04. The Hall–Kier alpha value is -2.40. The van der Waals surface area contributed by atoms with Gasteiger partial charge in [0.1, 0.15) is 5.75 Å². The van der Waals surface area contributed by atoms with Crippen molar-refractivity contribution in [2.24, 2.45) is 0 Å². The molecule has 0 saturated carbocycles. The van der Waals surface area contributed by atoms with E-state index in [1.807, 2.05) is 0 Å². The van der Waals surface area contributed by atoms with Gasteiger partial charge in [0.2, 0.25) is 0 Å². The second-order valence-corrected chi connectivity index (χ2v) is 5.30. The molecule has 2 aromatic carbocycles. The molecule has 0 aliphatic rings. The van der Waals surface area contributed by atoms with Gasteiger partial charge in [-0.15, -0.1) is 0 Å². The van der Waals surface area contributed by atoms with Crippen molar-refractivity contribution in [1.29, 1.82) is 0 Å². The Kier molecular flexibility index (Phi) is 3.12. The molecule has 0 bridgehead atoms. The number of rotatable bonds is 3. The first-order valence-electron chi connectivity index (χ1n) is 5.99. The van der Waals surface area contributed by atoms with Crippen LogP contribution in [0.1, 0.15) is 15.9 Å². The fourth-order valence-electron chi connectivity index (χ4n) is 2.02. The maximum absolute atomic E-state index is 12.4. The number of hydrogen-bond donors (Lipinski definition) is 1. The molecule has 0 atom stereocenters. The van der Waals surface area contributed by atoms with Crippen molar-refractivity contribution in [3.63, 3.8) is 0 Å². The summed E-state index contributed by atoms with van der Waals surface area (Å²) in [6.07, 6.45) is 0. The summed E-state index contributed by atoms with van der Waals surface area (Å²) in [6.45, 7) is 0. The lowest BCUT2D eigenvalue weighted by Crippen LogP contribution is -2.01. The van der Waals surface area contributed by atoms with Crippen LogP contribution in [-0.2, 0) is 0 Å². The topological polar surface area (TPSA) is 59.2 Å². The Bertz CT molecular complexity index is 847. The van der Waals surface area contributed by atoms with Crippen LogP contribution in [0.25, 0.3) is 10.2 Å². The van der Waals surface area contributed by atoms with Gasteiger partial charge in [0.15, 0.2) is 5.78 Å². The van der Waals surface area contributed by atoms with Crippen molar-refractivity contribution in [3.8, 4) is 5.75 Å². The van der Waals surface area contributed by atoms with Crippen molar-refractivity contribution in [1.82, 2.24) is 4.98 Å². The molecule has 0 saturated heterocycles. The van der Waals surface area contributed by atoms with Gasteiger partial charge in [0.25, 0.3) is 0 Å². The van der Waals surface area contributed by atoms with Crippen LogP contribution < -0.4 is 9.61 Å². The zero-order valence-corrected chi connectivity index (χ0v) is 11.5. The first-order valence-corrected chi connectivity index (χ1v) is 6.80. The highest BCUT2D eigenvalue weighted by molar-refractivity contribution is 7.16. The quantitative estimate of drug-likeness (QED) is 0.753. The lowest BCUT2D eigenvalue weighted by atomic mass is 10.0. The number of H-pyrrole nitrogens is 1. The van der Waals surface area contributed by atoms with Gasteiger partial charge in [-0.05, 0) is 30.3 Å². The van der Waals surface area contributed by atoms with Gasteiger partial charge < -0.3 is 9.72 Å². The summed E-state index contributed by atoms with van der Waals surface area (Å²) in [5.74, 6) is 0.551. The Morgan fingerprint density at radius 1 is 1.15 bits per heavy atom. The molecule has 1 N–H and O–H groups in total. The van der Waals surface area contributed by atoms with E-state index in [0.717, 1.165) is 21.6 Å². The number of hydrogen-bond acceptors (Lipinski definition) is 4. The molecular weight excluding hydrogens is 274 g/mol. The van der Waals surface area contributed by atoms with E-state index in [-0.39, 0.29) is 10.7 Å². The monoisotopic (exact) mass is 285 g/mol. The highest BCUT2D eigenvalue weighted by Crippen LogP contribution is 2.20. The van der Waals surface area contributed by atoms with Crippen LogP contribution in [0.15, 0.2) is 47.3 Å². The molecule has 20 heavy (non-hydrogen) atoms. The average molecular weight is 285 g/mol. The lowest BCUT2D eigenvalue weighted by Gasteiger charge is -2.04. The minimum Gasteiger partial charge on any atom is -0.497 e. The number of benzene rings is 2. The number of nitrogens with one attached hydrogen (secondary N) is 1. The fourth-order valence-corrected chi connectivity index (χ4v) is 2.79. The SMILES string of the molecule is COc1cccc(C(=O)c2ccc3[nH]c(=O)sc3c2)c1. The predicted octanol–water partition coefficient (Wildman–Crippen LogP) is 2.83. The summed E-state index contributed by atoms with van der Waals surface area (Å²) in [4.78, 5) is 26.3. The van der Waals surface area contributed by atoms with Crippen molar-refractivity contribution < 1.29 is 9.53 Å². The van der Waals surface area contributed by atoms with E-state index in [1.54, 1.807) is 49.6 Å². The number of aromatic nitrogens is 1. The average Bonchev–Trinajstić information content (AvgIpc) is 2.85. The normalized spacial score (nSPS) is 10.7. The van der Waals surface area contributed by atoms with Crippen LogP contribution >= 0.6 is 11.3 Å². The van der Waals surface area contributed by atoms with Crippen LogP contribution in [0.4, 0.5) is 0 Å². The zero-order chi connectivity index (χ0) is 14.1. The fraction of sp³-hybridized carbons (Fsp3) is 0.0667. The van der Waals surface area contributed by atoms with Crippen LogP contribution in [0, 0.1) is 0 Å². The lowest BCUT2D eigenvalue weighted by molar-refractivity contribution is 0.103. The van der Waals surface area contributed by atoms with Gasteiger partial charge >= 0.3 is 4.87 Å². The van der Waals surface area contributed by atoms with Gasteiger partial charge in [-0.2, -0.15) is 0 Å². The van der Waals surface area contributed by atoms with Crippen LogP contribution in [0.5, 0.6) is 5.75 Å². The third kappa shape index (κ3) is 2.23. The molecule has 3 aromatic rings. The van der Waals surface area contributed by atoms with Gasteiger partial charge in [-0.3, -0.25) is 9.59 Å². The van der Waals surface area contributed by atoms with Gasteiger partial charge in [-0.25, -0.2) is 0 Å². The number of ether oxygens (including phenoxy) is 1. The van der Waals surface area contributed by atoms with E-state index in [0.29, 0.717) is 16.9 Å². The molecule has 0 fully saturated rings. The Labute approximate surface area is 118 Å². The molecule has 0 aliphatic heterocycles. The second kappa shape index (κ2) is 4.94. The van der Waals surface area contributed by atoms with Crippen molar-refractivity contribution in [3.05, 3.63) is 63.3 Å². The number of aromatic amines is 1. The second-order valence-electron chi connectivity index (χ2n) is 4.29. The third-order valence-corrected chi connectivity index (χ3v) is 3.86. The van der Waals surface area contributed by atoms with Crippen molar-refractivity contribution >= 4 is 27.3 Å². The van der Waals surface area contributed by atoms with E-state index >= 15 is 0 Å². The highest BCUT2D eigenvalue weighted by Gasteiger charge is 2.11. The Morgan fingerprint density at radius 3 is 2.75 bits per heavy atom. The minimum atomic E-state index is -0.119. The number of fused-ring (bicyclic) bond motifs is 1. The number of carbonyl (C=O) groups excluding carboxylic acids is 1. The molecule has 0 unspecified atom stereocenters.